The number of nitrogens with one attached hydrogen (secondary N) is 1. The Morgan fingerprint density at radius 2 is 1.77 bits per heavy atom. The molecule has 1 aromatic heterocycles. The van der Waals surface area contributed by atoms with Crippen molar-refractivity contribution in [2.24, 2.45) is 0 Å². The topological polar surface area (TPSA) is 76.6 Å². The number of benzene rings is 1. The summed E-state index contributed by atoms with van der Waals surface area (Å²) in [5.74, 6) is 2.45. The molecule has 1 amide bonds. The Bertz CT molecular complexity index is 891. The molecule has 30 heavy (non-hydrogen) atoms. The van der Waals surface area contributed by atoms with E-state index >= 15 is 0 Å². The summed E-state index contributed by atoms with van der Waals surface area (Å²) in [6.07, 6.45) is 10.5. The number of hydrogen-bond acceptors (Lipinski definition) is 6. The number of nitrogens with zero attached hydrogens (tertiary/aromatic N) is 3. The molecule has 0 radical (unpaired) electrons. The van der Waals surface area contributed by atoms with Crippen molar-refractivity contribution in [1.82, 2.24) is 15.3 Å². The van der Waals surface area contributed by atoms with Crippen LogP contribution in [0.2, 0.25) is 0 Å². The largest absolute Gasteiger partial charge is 0.454 e. The summed E-state index contributed by atoms with van der Waals surface area (Å²) >= 11 is 0. The van der Waals surface area contributed by atoms with Gasteiger partial charge in [-0.1, -0.05) is 25.3 Å². The molecule has 1 aliphatic carbocycles. The zero-order valence-electron chi connectivity index (χ0n) is 17.2. The molecule has 3 aliphatic rings. The third-order valence-corrected chi connectivity index (χ3v) is 6.73. The van der Waals surface area contributed by atoms with E-state index < -0.39 is 5.41 Å². The number of aromatic nitrogens is 2. The monoisotopic (exact) mass is 408 g/mol. The minimum atomic E-state index is -0.473. The van der Waals surface area contributed by atoms with Gasteiger partial charge in [0.2, 0.25) is 18.6 Å². The van der Waals surface area contributed by atoms with Crippen LogP contribution in [0.25, 0.3) is 0 Å². The van der Waals surface area contributed by atoms with Crippen molar-refractivity contribution >= 4 is 11.9 Å². The Morgan fingerprint density at radius 1 is 1.03 bits per heavy atom. The predicted molar refractivity (Wildman–Crippen MR) is 113 cm³/mol. The van der Waals surface area contributed by atoms with Gasteiger partial charge in [0.15, 0.2) is 11.5 Å². The molecule has 0 atom stereocenters. The fourth-order valence-electron chi connectivity index (χ4n) is 5.00. The van der Waals surface area contributed by atoms with E-state index in [0.717, 1.165) is 74.6 Å². The standard InChI is InChI=1S/C23H28N4O3/c28-21(26-18-7-13-27(14-8-18)22-24-11-4-12-25-22)23(9-2-1-3-10-23)17-5-6-19-20(15-17)30-16-29-19/h4-6,11-12,15,18H,1-3,7-10,13-14,16H2,(H,26,28). The Balaban J connectivity index is 1.29. The average molecular weight is 409 g/mol. The Labute approximate surface area is 176 Å². The van der Waals surface area contributed by atoms with E-state index in [9.17, 15) is 4.79 Å². The van der Waals surface area contributed by atoms with E-state index in [0.29, 0.717) is 0 Å². The second-order valence-corrected chi connectivity index (χ2v) is 8.49. The van der Waals surface area contributed by atoms with E-state index in [1.807, 2.05) is 24.3 Å². The third-order valence-electron chi connectivity index (χ3n) is 6.73. The zero-order valence-corrected chi connectivity index (χ0v) is 17.2. The van der Waals surface area contributed by atoms with E-state index in [1.54, 1.807) is 12.4 Å². The summed E-state index contributed by atoms with van der Waals surface area (Å²) in [5.41, 5.74) is 0.581. The quantitative estimate of drug-likeness (QED) is 0.837. The number of rotatable bonds is 4. The fraction of sp³-hybridized carbons (Fsp3) is 0.522. The Hall–Kier alpha value is -2.83. The van der Waals surface area contributed by atoms with Gasteiger partial charge in [-0.05, 0) is 49.4 Å². The molecule has 0 spiro atoms. The van der Waals surface area contributed by atoms with Crippen LogP contribution in [0.4, 0.5) is 5.95 Å². The Morgan fingerprint density at radius 3 is 2.53 bits per heavy atom. The lowest BCUT2D eigenvalue weighted by Crippen LogP contribution is -2.52. The van der Waals surface area contributed by atoms with Crippen molar-refractivity contribution in [2.45, 2.75) is 56.4 Å². The summed E-state index contributed by atoms with van der Waals surface area (Å²) in [7, 11) is 0. The maximum atomic E-state index is 13.6. The summed E-state index contributed by atoms with van der Waals surface area (Å²) in [5, 5.41) is 3.39. The van der Waals surface area contributed by atoms with Crippen LogP contribution in [0.15, 0.2) is 36.7 Å². The van der Waals surface area contributed by atoms with Gasteiger partial charge in [0.05, 0.1) is 5.41 Å². The molecule has 158 valence electrons. The number of hydrogen-bond donors (Lipinski definition) is 1. The second kappa shape index (κ2) is 8.13. The third kappa shape index (κ3) is 3.57. The van der Waals surface area contributed by atoms with Gasteiger partial charge < -0.3 is 19.7 Å². The molecule has 2 aromatic rings. The first-order valence-corrected chi connectivity index (χ1v) is 11.0. The van der Waals surface area contributed by atoms with Crippen LogP contribution in [-0.2, 0) is 10.2 Å². The van der Waals surface area contributed by atoms with Gasteiger partial charge in [0.25, 0.3) is 0 Å². The number of ether oxygens (including phenoxy) is 2. The van der Waals surface area contributed by atoms with Crippen LogP contribution >= 0.6 is 0 Å². The van der Waals surface area contributed by atoms with Crippen LogP contribution in [0, 0.1) is 0 Å². The van der Waals surface area contributed by atoms with Crippen LogP contribution in [-0.4, -0.2) is 41.8 Å². The molecule has 1 aromatic carbocycles. The van der Waals surface area contributed by atoms with Crippen molar-refractivity contribution in [1.29, 1.82) is 0 Å². The SMILES string of the molecule is O=C(NC1CCN(c2ncccn2)CC1)C1(c2ccc3c(c2)OCO3)CCCCC1. The van der Waals surface area contributed by atoms with Crippen LogP contribution in [0.1, 0.15) is 50.5 Å². The normalized spacial score (nSPS) is 20.7. The summed E-state index contributed by atoms with van der Waals surface area (Å²) < 4.78 is 11.1. The highest BCUT2D eigenvalue weighted by Gasteiger charge is 2.42. The minimum absolute atomic E-state index is 0.162. The molecule has 2 aliphatic heterocycles. The second-order valence-electron chi connectivity index (χ2n) is 8.49. The molecule has 3 heterocycles. The van der Waals surface area contributed by atoms with Gasteiger partial charge >= 0.3 is 0 Å². The summed E-state index contributed by atoms with van der Waals surface area (Å²) in [6, 6.07) is 8.02. The van der Waals surface area contributed by atoms with Gasteiger partial charge in [-0.3, -0.25) is 4.79 Å². The highest BCUT2D eigenvalue weighted by molar-refractivity contribution is 5.89. The molecule has 0 unspecified atom stereocenters. The number of anilines is 1. The molecule has 7 heteroatoms. The molecule has 0 bridgehead atoms. The highest BCUT2D eigenvalue weighted by Crippen LogP contribution is 2.43. The maximum Gasteiger partial charge on any atom is 0.231 e. The molecule has 2 fully saturated rings. The lowest BCUT2D eigenvalue weighted by molar-refractivity contribution is -0.129. The molecule has 7 nitrogen and oxygen atoms in total. The number of carbonyl (C=O) groups excluding carboxylic acids is 1. The van der Waals surface area contributed by atoms with Crippen molar-refractivity contribution in [3.8, 4) is 11.5 Å². The van der Waals surface area contributed by atoms with Crippen molar-refractivity contribution in [3.05, 3.63) is 42.2 Å². The molecule has 1 saturated carbocycles. The summed E-state index contributed by atoms with van der Waals surface area (Å²) in [6.45, 7) is 1.96. The van der Waals surface area contributed by atoms with Gasteiger partial charge in [-0.15, -0.1) is 0 Å². The lowest BCUT2D eigenvalue weighted by atomic mass is 9.68. The van der Waals surface area contributed by atoms with Gasteiger partial charge in [-0.25, -0.2) is 9.97 Å². The smallest absolute Gasteiger partial charge is 0.231 e. The molecule has 1 saturated heterocycles. The van der Waals surface area contributed by atoms with Crippen LogP contribution < -0.4 is 19.7 Å². The minimum Gasteiger partial charge on any atom is -0.454 e. The van der Waals surface area contributed by atoms with Crippen molar-refractivity contribution in [2.75, 3.05) is 24.8 Å². The van der Waals surface area contributed by atoms with Crippen LogP contribution in [0.3, 0.4) is 0 Å². The van der Waals surface area contributed by atoms with Crippen LogP contribution in [0.5, 0.6) is 11.5 Å². The number of amides is 1. The van der Waals surface area contributed by atoms with Gasteiger partial charge in [0, 0.05) is 31.5 Å². The van der Waals surface area contributed by atoms with Crippen molar-refractivity contribution < 1.29 is 14.3 Å². The summed E-state index contributed by atoms with van der Waals surface area (Å²) in [4.78, 5) is 24.5. The lowest BCUT2D eigenvalue weighted by Gasteiger charge is -2.39. The highest BCUT2D eigenvalue weighted by atomic mass is 16.7. The number of piperidine rings is 1. The predicted octanol–water partition coefficient (Wildman–Crippen LogP) is 3.19. The Kier molecular flexibility index (Phi) is 5.19. The molecule has 1 N–H and O–H groups in total. The first-order valence-electron chi connectivity index (χ1n) is 11.0. The van der Waals surface area contributed by atoms with Gasteiger partial charge in [0.1, 0.15) is 0 Å². The zero-order chi connectivity index (χ0) is 20.4. The maximum absolute atomic E-state index is 13.6. The van der Waals surface area contributed by atoms with E-state index in [4.69, 9.17) is 9.47 Å². The molecular formula is C23H28N4O3. The van der Waals surface area contributed by atoms with E-state index in [-0.39, 0.29) is 18.7 Å². The first-order chi connectivity index (χ1) is 14.7. The fourth-order valence-corrected chi connectivity index (χ4v) is 5.00. The van der Waals surface area contributed by atoms with Gasteiger partial charge in [-0.2, -0.15) is 0 Å². The molecular weight excluding hydrogens is 380 g/mol. The number of fused-ring (bicyclic) bond motifs is 1. The first kappa shape index (κ1) is 19.2. The van der Waals surface area contributed by atoms with E-state index in [2.05, 4.69) is 20.2 Å². The van der Waals surface area contributed by atoms with Crippen molar-refractivity contribution in [3.63, 3.8) is 0 Å². The number of carbonyl (C=O) groups is 1. The molecule has 5 rings (SSSR count). The van der Waals surface area contributed by atoms with E-state index in [1.165, 1.54) is 6.42 Å². The average Bonchev–Trinajstić information content (AvgIpc) is 3.28.